The third kappa shape index (κ3) is 6.61. The van der Waals surface area contributed by atoms with E-state index in [0.717, 1.165) is 62.0 Å². The molecule has 3 aromatic rings. The van der Waals surface area contributed by atoms with Gasteiger partial charge >= 0.3 is 0 Å². The van der Waals surface area contributed by atoms with Crippen LogP contribution in [-0.4, -0.2) is 67.1 Å². The van der Waals surface area contributed by atoms with E-state index in [1.807, 2.05) is 28.9 Å². The molecule has 0 aliphatic heterocycles. The molecule has 5 heteroatoms. The molecule has 0 unspecified atom stereocenters. The lowest BCUT2D eigenvalue weighted by molar-refractivity contribution is 0.112. The summed E-state index contributed by atoms with van der Waals surface area (Å²) in [5, 5.41) is 4.93. The highest BCUT2D eigenvalue weighted by atomic mass is 16.1. The summed E-state index contributed by atoms with van der Waals surface area (Å²) in [6.45, 7) is 2.15. The average molecular weight is 419 g/mol. The Hall–Kier alpha value is -2.76. The van der Waals surface area contributed by atoms with E-state index in [-0.39, 0.29) is 0 Å². The molecule has 1 aromatic heterocycles. The van der Waals surface area contributed by atoms with Crippen LogP contribution in [0, 0.1) is 0 Å². The van der Waals surface area contributed by atoms with E-state index in [4.69, 9.17) is 5.10 Å². The molecule has 3 rings (SSSR count). The van der Waals surface area contributed by atoms with Gasteiger partial charge in [-0.3, -0.25) is 4.79 Å². The minimum absolute atomic E-state index is 0.673. The summed E-state index contributed by atoms with van der Waals surface area (Å²) in [7, 11) is 8.44. The number of aldehydes is 1. The maximum atomic E-state index is 11.0. The fourth-order valence-corrected chi connectivity index (χ4v) is 3.69. The van der Waals surface area contributed by atoms with Crippen LogP contribution in [0.25, 0.3) is 16.9 Å². The van der Waals surface area contributed by atoms with E-state index in [2.05, 4.69) is 68.5 Å². The molecule has 0 amide bonds. The number of rotatable bonds is 11. The zero-order chi connectivity index (χ0) is 22.2. The van der Waals surface area contributed by atoms with Crippen LogP contribution in [0.1, 0.15) is 34.3 Å². The number of hydrogen-bond donors (Lipinski definition) is 0. The van der Waals surface area contributed by atoms with Gasteiger partial charge in [0.25, 0.3) is 0 Å². The SMILES string of the molecule is CN(C)CCCc1ccc(-c2nn(-c3ccc(C=O)cc3)cc2CCCN(C)C)cc1. The van der Waals surface area contributed by atoms with Gasteiger partial charge in [0.15, 0.2) is 0 Å². The minimum Gasteiger partial charge on any atom is -0.309 e. The van der Waals surface area contributed by atoms with Crippen molar-refractivity contribution < 1.29 is 4.79 Å². The van der Waals surface area contributed by atoms with Gasteiger partial charge in [0, 0.05) is 17.3 Å². The summed E-state index contributed by atoms with van der Waals surface area (Å²) in [6, 6.07) is 16.4. The largest absolute Gasteiger partial charge is 0.309 e. The van der Waals surface area contributed by atoms with Gasteiger partial charge in [-0.25, -0.2) is 4.68 Å². The summed E-state index contributed by atoms with van der Waals surface area (Å²) >= 11 is 0. The van der Waals surface area contributed by atoms with Crippen molar-refractivity contribution in [1.82, 2.24) is 19.6 Å². The first-order valence-electron chi connectivity index (χ1n) is 11.0. The molecule has 0 N–H and O–H groups in total. The van der Waals surface area contributed by atoms with Crippen molar-refractivity contribution in [2.45, 2.75) is 25.7 Å². The molecular weight excluding hydrogens is 384 g/mol. The Morgan fingerprint density at radius 2 is 1.45 bits per heavy atom. The zero-order valence-electron chi connectivity index (χ0n) is 19.2. The fourth-order valence-electron chi connectivity index (χ4n) is 3.69. The van der Waals surface area contributed by atoms with Crippen LogP contribution in [0.5, 0.6) is 0 Å². The fraction of sp³-hybridized carbons (Fsp3) is 0.385. The molecular formula is C26H34N4O. The Kier molecular flexibility index (Phi) is 8.15. The van der Waals surface area contributed by atoms with Gasteiger partial charge in [-0.1, -0.05) is 24.3 Å². The first-order chi connectivity index (χ1) is 15.0. The van der Waals surface area contributed by atoms with Crippen LogP contribution in [-0.2, 0) is 12.8 Å². The number of hydrogen-bond acceptors (Lipinski definition) is 4. The van der Waals surface area contributed by atoms with E-state index in [1.165, 1.54) is 11.1 Å². The van der Waals surface area contributed by atoms with Crippen molar-refractivity contribution >= 4 is 6.29 Å². The third-order valence-electron chi connectivity index (χ3n) is 5.43. The number of carbonyl (C=O) groups excluding carboxylic acids is 1. The van der Waals surface area contributed by atoms with Gasteiger partial charge in [0.05, 0.1) is 11.4 Å². The smallest absolute Gasteiger partial charge is 0.150 e. The van der Waals surface area contributed by atoms with Crippen molar-refractivity contribution in [3.63, 3.8) is 0 Å². The quantitative estimate of drug-likeness (QED) is 0.435. The second-order valence-electron chi connectivity index (χ2n) is 8.67. The monoisotopic (exact) mass is 418 g/mol. The molecule has 31 heavy (non-hydrogen) atoms. The second kappa shape index (κ2) is 11.0. The second-order valence-corrected chi connectivity index (χ2v) is 8.67. The Morgan fingerprint density at radius 1 is 0.839 bits per heavy atom. The van der Waals surface area contributed by atoms with Gasteiger partial charge in [0.2, 0.25) is 0 Å². The number of aryl methyl sites for hydroxylation is 2. The van der Waals surface area contributed by atoms with Crippen molar-refractivity contribution in [2.75, 3.05) is 41.3 Å². The Bertz CT molecular complexity index is 956. The molecule has 0 bridgehead atoms. The molecule has 0 saturated heterocycles. The summed E-state index contributed by atoms with van der Waals surface area (Å²) in [6.07, 6.45) is 7.30. The third-order valence-corrected chi connectivity index (χ3v) is 5.43. The Morgan fingerprint density at radius 3 is 2.03 bits per heavy atom. The molecule has 0 fully saturated rings. The van der Waals surface area contributed by atoms with Gasteiger partial charge in [-0.15, -0.1) is 0 Å². The average Bonchev–Trinajstić information content (AvgIpc) is 3.18. The van der Waals surface area contributed by atoms with Gasteiger partial charge in [-0.2, -0.15) is 5.10 Å². The maximum absolute atomic E-state index is 11.0. The molecule has 0 saturated carbocycles. The maximum Gasteiger partial charge on any atom is 0.150 e. The van der Waals surface area contributed by atoms with Crippen molar-refractivity contribution in [3.05, 3.63) is 71.4 Å². The van der Waals surface area contributed by atoms with E-state index < -0.39 is 0 Å². The zero-order valence-corrected chi connectivity index (χ0v) is 19.2. The standard InChI is InChI=1S/C26H34N4O/c1-28(2)17-5-7-21-9-13-23(14-10-21)26-24(8-6-18-29(3)4)19-30(27-26)25-15-11-22(20-31)12-16-25/h9-16,19-20H,5-8,17-18H2,1-4H3. The topological polar surface area (TPSA) is 41.4 Å². The molecule has 0 aliphatic rings. The summed E-state index contributed by atoms with van der Waals surface area (Å²) < 4.78 is 1.93. The summed E-state index contributed by atoms with van der Waals surface area (Å²) in [5.41, 5.74) is 6.45. The normalized spacial score (nSPS) is 11.4. The van der Waals surface area contributed by atoms with Crippen molar-refractivity contribution in [3.8, 4) is 16.9 Å². The predicted octanol–water partition coefficient (Wildman–Crippen LogP) is 4.34. The lowest BCUT2D eigenvalue weighted by Gasteiger charge is -2.10. The number of carbonyl (C=O) groups is 1. The molecule has 2 aromatic carbocycles. The van der Waals surface area contributed by atoms with Crippen LogP contribution in [0.2, 0.25) is 0 Å². The lowest BCUT2D eigenvalue weighted by Crippen LogP contribution is -2.13. The Balaban J connectivity index is 1.83. The van der Waals surface area contributed by atoms with Crippen molar-refractivity contribution in [2.24, 2.45) is 0 Å². The van der Waals surface area contributed by atoms with Crippen LogP contribution in [0.15, 0.2) is 54.7 Å². The minimum atomic E-state index is 0.673. The van der Waals surface area contributed by atoms with E-state index in [1.54, 1.807) is 0 Å². The van der Waals surface area contributed by atoms with Gasteiger partial charge in [0.1, 0.15) is 6.29 Å². The lowest BCUT2D eigenvalue weighted by atomic mass is 10.0. The van der Waals surface area contributed by atoms with Crippen LogP contribution in [0.3, 0.4) is 0 Å². The van der Waals surface area contributed by atoms with E-state index >= 15 is 0 Å². The molecule has 0 aliphatic carbocycles. The molecule has 0 spiro atoms. The van der Waals surface area contributed by atoms with Crippen LogP contribution in [0.4, 0.5) is 0 Å². The molecule has 0 atom stereocenters. The van der Waals surface area contributed by atoms with Crippen LogP contribution >= 0.6 is 0 Å². The highest BCUT2D eigenvalue weighted by Gasteiger charge is 2.13. The molecule has 0 radical (unpaired) electrons. The van der Waals surface area contributed by atoms with E-state index in [0.29, 0.717) is 5.56 Å². The molecule has 164 valence electrons. The van der Waals surface area contributed by atoms with E-state index in [9.17, 15) is 4.79 Å². The number of benzene rings is 2. The van der Waals surface area contributed by atoms with Crippen molar-refractivity contribution in [1.29, 1.82) is 0 Å². The molecule has 5 nitrogen and oxygen atoms in total. The predicted molar refractivity (Wildman–Crippen MR) is 128 cm³/mol. The summed E-state index contributed by atoms with van der Waals surface area (Å²) in [4.78, 5) is 15.4. The van der Waals surface area contributed by atoms with Gasteiger partial charge < -0.3 is 9.80 Å². The number of nitrogens with zero attached hydrogens (tertiary/aromatic N) is 4. The highest BCUT2D eigenvalue weighted by Crippen LogP contribution is 2.26. The molecule has 1 heterocycles. The van der Waals surface area contributed by atoms with Crippen LogP contribution < -0.4 is 0 Å². The Labute approximate surface area is 186 Å². The highest BCUT2D eigenvalue weighted by molar-refractivity contribution is 5.75. The first-order valence-corrected chi connectivity index (χ1v) is 11.0. The van der Waals surface area contributed by atoms with Gasteiger partial charge in [-0.05, 0) is 102 Å². The number of aromatic nitrogens is 2. The summed E-state index contributed by atoms with van der Waals surface area (Å²) in [5.74, 6) is 0. The first kappa shape index (κ1) is 22.9.